The summed E-state index contributed by atoms with van der Waals surface area (Å²) in [5.41, 5.74) is 1.77. The van der Waals surface area contributed by atoms with Gasteiger partial charge in [-0.3, -0.25) is 9.36 Å². The van der Waals surface area contributed by atoms with Crippen molar-refractivity contribution in [1.82, 2.24) is 4.57 Å². The van der Waals surface area contributed by atoms with E-state index in [0.29, 0.717) is 5.52 Å². The average Bonchev–Trinajstić information content (AvgIpc) is 2.39. The third-order valence-corrected chi connectivity index (χ3v) is 2.89. The molecule has 2 nitrogen and oxygen atoms in total. The largest absolute Gasteiger partial charge is 0.310 e. The first-order valence-electron chi connectivity index (χ1n) is 3.88. The van der Waals surface area contributed by atoms with Crippen LogP contribution in [-0.4, -0.2) is 4.57 Å². The van der Waals surface area contributed by atoms with Gasteiger partial charge in [0, 0.05) is 0 Å². The number of halogens is 1. The minimum absolute atomic E-state index is 0.233. The summed E-state index contributed by atoms with van der Waals surface area (Å²) in [6.45, 7) is 1.20. The number of aromatic nitrogens is 1. The molecule has 0 spiro atoms. The number of thiazole rings is 1. The van der Waals surface area contributed by atoms with E-state index in [1.54, 1.807) is 6.07 Å². The van der Waals surface area contributed by atoms with Crippen LogP contribution in [0.15, 0.2) is 23.0 Å². The van der Waals surface area contributed by atoms with Crippen LogP contribution in [0.4, 0.5) is 4.39 Å². The number of alkyl halides is 1. The smallest absolute Gasteiger partial charge is 0.270 e. The molecule has 1 aromatic carbocycles. The Morgan fingerprint density at radius 1 is 1.54 bits per heavy atom. The van der Waals surface area contributed by atoms with Crippen LogP contribution in [0.3, 0.4) is 0 Å². The fourth-order valence-corrected chi connectivity index (χ4v) is 2.26. The van der Waals surface area contributed by atoms with Crippen LogP contribution < -0.4 is 4.87 Å². The monoisotopic (exact) mass is 197 g/mol. The van der Waals surface area contributed by atoms with Crippen LogP contribution in [0.2, 0.25) is 0 Å². The molecule has 0 amide bonds. The summed E-state index contributed by atoms with van der Waals surface area (Å²) in [5.74, 6) is 0. The molecule has 0 fully saturated rings. The molecule has 0 bridgehead atoms. The second kappa shape index (κ2) is 2.96. The molecule has 0 N–H and O–H groups in total. The molecule has 4 heteroatoms. The summed E-state index contributed by atoms with van der Waals surface area (Å²) >= 11 is 1.08. The van der Waals surface area contributed by atoms with Crippen molar-refractivity contribution in [3.63, 3.8) is 0 Å². The Labute approximate surface area is 78.2 Å². The van der Waals surface area contributed by atoms with Gasteiger partial charge in [-0.05, 0) is 24.6 Å². The fraction of sp³-hybridized carbons (Fsp3) is 0.222. The lowest BCUT2D eigenvalue weighted by molar-refractivity contribution is 0.381. The highest BCUT2D eigenvalue weighted by molar-refractivity contribution is 7.16. The van der Waals surface area contributed by atoms with Crippen LogP contribution >= 0.6 is 11.3 Å². The van der Waals surface area contributed by atoms with Gasteiger partial charge in [0.05, 0.1) is 10.2 Å². The van der Waals surface area contributed by atoms with E-state index in [-0.39, 0.29) is 4.87 Å². The Kier molecular flexibility index (Phi) is 1.92. The number of benzene rings is 1. The normalized spacial score (nSPS) is 10.9. The summed E-state index contributed by atoms with van der Waals surface area (Å²) in [5, 5.41) is 0. The zero-order valence-corrected chi connectivity index (χ0v) is 7.90. The number of aryl methyl sites for hydroxylation is 1. The van der Waals surface area contributed by atoms with Crippen LogP contribution in [0.5, 0.6) is 0 Å². The first kappa shape index (κ1) is 8.44. The van der Waals surface area contributed by atoms with E-state index in [1.807, 2.05) is 19.1 Å². The Bertz CT molecular complexity index is 500. The van der Waals surface area contributed by atoms with Gasteiger partial charge in [-0.1, -0.05) is 17.4 Å². The lowest BCUT2D eigenvalue weighted by Crippen LogP contribution is -2.09. The zero-order chi connectivity index (χ0) is 9.42. The van der Waals surface area contributed by atoms with Gasteiger partial charge in [-0.2, -0.15) is 0 Å². The first-order valence-corrected chi connectivity index (χ1v) is 4.70. The van der Waals surface area contributed by atoms with Gasteiger partial charge in [0.1, 0.15) is 0 Å². The van der Waals surface area contributed by atoms with Crippen molar-refractivity contribution in [1.29, 1.82) is 0 Å². The molecule has 1 heterocycles. The van der Waals surface area contributed by atoms with Crippen molar-refractivity contribution in [3.05, 3.63) is 33.4 Å². The van der Waals surface area contributed by atoms with Gasteiger partial charge < -0.3 is 0 Å². The summed E-state index contributed by atoms with van der Waals surface area (Å²) in [6.07, 6.45) is 0. The second-order valence-corrected chi connectivity index (χ2v) is 3.88. The Balaban J connectivity index is 2.87. The molecule has 0 aliphatic rings. The average molecular weight is 197 g/mol. The van der Waals surface area contributed by atoms with E-state index in [4.69, 9.17) is 0 Å². The highest BCUT2D eigenvalue weighted by Gasteiger charge is 2.05. The quantitative estimate of drug-likeness (QED) is 0.687. The van der Waals surface area contributed by atoms with Crippen LogP contribution in [0.1, 0.15) is 5.56 Å². The number of hydrogen-bond donors (Lipinski definition) is 0. The van der Waals surface area contributed by atoms with Crippen molar-refractivity contribution in [3.8, 4) is 0 Å². The van der Waals surface area contributed by atoms with E-state index in [2.05, 4.69) is 0 Å². The summed E-state index contributed by atoms with van der Waals surface area (Å²) in [4.78, 5) is 11.0. The SMILES string of the molecule is Cc1ccc2c(c1)sc(=O)n2CF. The van der Waals surface area contributed by atoms with Gasteiger partial charge in [0.25, 0.3) is 0 Å². The third kappa shape index (κ3) is 1.27. The molecule has 0 radical (unpaired) electrons. The van der Waals surface area contributed by atoms with Crippen molar-refractivity contribution in [2.75, 3.05) is 0 Å². The molecule has 0 saturated heterocycles. The number of hydrogen-bond acceptors (Lipinski definition) is 2. The van der Waals surface area contributed by atoms with Gasteiger partial charge >= 0.3 is 4.87 Å². The first-order chi connectivity index (χ1) is 6.22. The maximum Gasteiger partial charge on any atom is 0.310 e. The highest BCUT2D eigenvalue weighted by Crippen LogP contribution is 2.18. The van der Waals surface area contributed by atoms with E-state index in [1.165, 1.54) is 0 Å². The molecular formula is C9H8FNOS. The third-order valence-electron chi connectivity index (χ3n) is 1.94. The van der Waals surface area contributed by atoms with Gasteiger partial charge in [0.15, 0.2) is 6.80 Å². The molecule has 0 atom stereocenters. The Hall–Kier alpha value is -1.16. The predicted octanol–water partition coefficient (Wildman–Crippen LogP) is 2.30. The number of nitrogens with zero attached hydrogens (tertiary/aromatic N) is 1. The Morgan fingerprint density at radius 2 is 2.31 bits per heavy atom. The minimum Gasteiger partial charge on any atom is -0.270 e. The number of rotatable bonds is 1. The molecule has 13 heavy (non-hydrogen) atoms. The topological polar surface area (TPSA) is 22.0 Å². The number of fused-ring (bicyclic) bond motifs is 1. The van der Waals surface area contributed by atoms with Crippen LogP contribution in [0.25, 0.3) is 10.2 Å². The molecule has 2 rings (SSSR count). The molecule has 0 saturated carbocycles. The van der Waals surface area contributed by atoms with Gasteiger partial charge in [-0.25, -0.2) is 4.39 Å². The molecule has 0 unspecified atom stereocenters. The van der Waals surface area contributed by atoms with Crippen LogP contribution in [0, 0.1) is 6.92 Å². The van der Waals surface area contributed by atoms with Crippen molar-refractivity contribution < 1.29 is 4.39 Å². The highest BCUT2D eigenvalue weighted by atomic mass is 32.1. The Morgan fingerprint density at radius 3 is 3.00 bits per heavy atom. The van der Waals surface area contributed by atoms with E-state index < -0.39 is 6.80 Å². The van der Waals surface area contributed by atoms with Gasteiger partial charge in [-0.15, -0.1) is 0 Å². The van der Waals surface area contributed by atoms with Crippen molar-refractivity contribution in [2.24, 2.45) is 0 Å². The maximum absolute atomic E-state index is 12.4. The van der Waals surface area contributed by atoms with Crippen LogP contribution in [-0.2, 0) is 6.80 Å². The molecule has 0 aliphatic carbocycles. The summed E-state index contributed by atoms with van der Waals surface area (Å²) < 4.78 is 14.4. The fourth-order valence-electron chi connectivity index (χ4n) is 1.29. The molecular weight excluding hydrogens is 189 g/mol. The standard InChI is InChI=1S/C9H8FNOS/c1-6-2-3-7-8(4-6)13-9(12)11(7)5-10/h2-4H,5H2,1H3. The molecule has 68 valence electrons. The molecule has 1 aromatic heterocycles. The van der Waals surface area contributed by atoms with E-state index >= 15 is 0 Å². The van der Waals surface area contributed by atoms with Gasteiger partial charge in [0.2, 0.25) is 0 Å². The summed E-state index contributed by atoms with van der Waals surface area (Å²) in [7, 11) is 0. The second-order valence-electron chi connectivity index (χ2n) is 2.89. The maximum atomic E-state index is 12.4. The van der Waals surface area contributed by atoms with E-state index in [9.17, 15) is 9.18 Å². The lowest BCUT2D eigenvalue weighted by atomic mass is 10.2. The zero-order valence-electron chi connectivity index (χ0n) is 7.08. The van der Waals surface area contributed by atoms with Crippen molar-refractivity contribution >= 4 is 21.6 Å². The predicted molar refractivity (Wildman–Crippen MR) is 51.9 cm³/mol. The van der Waals surface area contributed by atoms with Crippen molar-refractivity contribution in [2.45, 2.75) is 13.7 Å². The molecule has 0 aliphatic heterocycles. The lowest BCUT2D eigenvalue weighted by Gasteiger charge is -1.96. The summed E-state index contributed by atoms with van der Waals surface area (Å²) in [6, 6.07) is 5.55. The van der Waals surface area contributed by atoms with E-state index in [0.717, 1.165) is 26.2 Å². The minimum atomic E-state index is -0.748. The molecule has 2 aromatic rings.